The van der Waals surface area contributed by atoms with Crippen molar-refractivity contribution in [3.63, 3.8) is 0 Å². The van der Waals surface area contributed by atoms with Gasteiger partial charge in [0.1, 0.15) is 6.61 Å². The summed E-state index contributed by atoms with van der Waals surface area (Å²) in [5, 5.41) is 8.71. The molecule has 0 amide bonds. The molecule has 0 heterocycles. The lowest BCUT2D eigenvalue weighted by atomic mass is 10.1. The fraction of sp³-hybridized carbons (Fsp3) is 0.500. The minimum absolute atomic E-state index is 0.0709. The Morgan fingerprint density at radius 1 is 1.43 bits per heavy atom. The van der Waals surface area contributed by atoms with Crippen LogP contribution >= 0.6 is 0 Å². The van der Waals surface area contributed by atoms with E-state index in [9.17, 15) is 8.42 Å². The molecule has 0 bridgehead atoms. The Balaban J connectivity index is 2.19. The Morgan fingerprint density at radius 3 is 2.86 bits per heavy atom. The molecular formula is C16H21NO3S. The van der Waals surface area contributed by atoms with Gasteiger partial charge in [0.2, 0.25) is 10.0 Å². The first-order valence-corrected chi connectivity index (χ1v) is 8.69. The van der Waals surface area contributed by atoms with E-state index in [-0.39, 0.29) is 17.5 Å². The Labute approximate surface area is 126 Å². The molecular weight excluding hydrogens is 286 g/mol. The minimum Gasteiger partial charge on any atom is -0.384 e. The first-order valence-electron chi connectivity index (χ1n) is 7.20. The maximum atomic E-state index is 12.5. The number of aliphatic hydroxyl groups is 1. The third kappa shape index (κ3) is 4.07. The SMILES string of the molecule is CCCC1CC1NS(=O)(=O)c1cc(C#CCO)ccc1C. The third-order valence-corrected chi connectivity index (χ3v) is 5.31. The summed E-state index contributed by atoms with van der Waals surface area (Å²) >= 11 is 0. The monoisotopic (exact) mass is 307 g/mol. The molecule has 2 atom stereocenters. The molecule has 0 aliphatic heterocycles. The largest absolute Gasteiger partial charge is 0.384 e. The molecule has 5 heteroatoms. The zero-order valence-electron chi connectivity index (χ0n) is 12.4. The number of benzene rings is 1. The molecule has 1 saturated carbocycles. The summed E-state index contributed by atoms with van der Waals surface area (Å²) in [6.45, 7) is 3.64. The lowest BCUT2D eigenvalue weighted by Gasteiger charge is -2.09. The molecule has 0 spiro atoms. The number of rotatable bonds is 5. The Kier molecular flexibility index (Phi) is 5.04. The van der Waals surface area contributed by atoms with Crippen LogP contribution in [0.3, 0.4) is 0 Å². The normalized spacial score (nSPS) is 20.7. The zero-order chi connectivity index (χ0) is 15.5. The van der Waals surface area contributed by atoms with Crippen LogP contribution in [0.1, 0.15) is 37.3 Å². The molecule has 21 heavy (non-hydrogen) atoms. The van der Waals surface area contributed by atoms with Crippen molar-refractivity contribution in [2.24, 2.45) is 5.92 Å². The van der Waals surface area contributed by atoms with Gasteiger partial charge in [0, 0.05) is 11.6 Å². The van der Waals surface area contributed by atoms with Crippen LogP contribution in [-0.4, -0.2) is 26.2 Å². The molecule has 114 valence electrons. The van der Waals surface area contributed by atoms with E-state index in [4.69, 9.17) is 5.11 Å². The van der Waals surface area contributed by atoms with Gasteiger partial charge in [-0.25, -0.2) is 13.1 Å². The lowest BCUT2D eigenvalue weighted by Crippen LogP contribution is -2.27. The van der Waals surface area contributed by atoms with Crippen LogP contribution < -0.4 is 4.72 Å². The first-order chi connectivity index (χ1) is 9.97. The van der Waals surface area contributed by atoms with E-state index in [1.165, 1.54) is 0 Å². The average molecular weight is 307 g/mol. The standard InChI is InChI=1S/C16H21NO3S/c1-3-5-14-11-15(14)17-21(19,20)16-10-13(6-4-9-18)8-7-12(16)2/h7-8,10,14-15,17-18H,3,5,9,11H2,1-2H3. The van der Waals surface area contributed by atoms with Crippen molar-refractivity contribution in [1.82, 2.24) is 4.72 Å². The van der Waals surface area contributed by atoms with E-state index in [1.807, 2.05) is 0 Å². The average Bonchev–Trinajstić information content (AvgIpc) is 3.15. The molecule has 1 aromatic rings. The number of aryl methyl sites for hydroxylation is 1. The fourth-order valence-electron chi connectivity index (χ4n) is 2.45. The second-order valence-electron chi connectivity index (χ2n) is 5.45. The molecule has 1 fully saturated rings. The number of hydrogen-bond acceptors (Lipinski definition) is 3. The van der Waals surface area contributed by atoms with E-state index in [0.717, 1.165) is 19.3 Å². The number of aliphatic hydroxyl groups excluding tert-OH is 1. The molecule has 2 N–H and O–H groups in total. The maximum absolute atomic E-state index is 12.5. The van der Waals surface area contributed by atoms with E-state index in [1.54, 1.807) is 25.1 Å². The molecule has 1 aliphatic carbocycles. The van der Waals surface area contributed by atoms with Crippen molar-refractivity contribution in [2.45, 2.75) is 44.0 Å². The van der Waals surface area contributed by atoms with Crippen molar-refractivity contribution < 1.29 is 13.5 Å². The highest BCUT2D eigenvalue weighted by Gasteiger charge is 2.39. The van der Waals surface area contributed by atoms with Gasteiger partial charge in [0.15, 0.2) is 0 Å². The van der Waals surface area contributed by atoms with Crippen LogP contribution in [0, 0.1) is 24.7 Å². The molecule has 1 aliphatic rings. The third-order valence-electron chi connectivity index (χ3n) is 3.68. The smallest absolute Gasteiger partial charge is 0.241 e. The van der Waals surface area contributed by atoms with Gasteiger partial charge in [-0.05, 0) is 43.4 Å². The van der Waals surface area contributed by atoms with Gasteiger partial charge in [-0.15, -0.1) is 0 Å². The first kappa shape index (κ1) is 16.0. The molecule has 2 unspecified atom stereocenters. The zero-order valence-corrected chi connectivity index (χ0v) is 13.2. The lowest BCUT2D eigenvalue weighted by molar-refractivity contribution is 0.350. The predicted octanol–water partition coefficient (Wildman–Crippen LogP) is 1.81. The summed E-state index contributed by atoms with van der Waals surface area (Å²) in [6, 6.07) is 5.14. The van der Waals surface area contributed by atoms with E-state index < -0.39 is 10.0 Å². The second-order valence-corrected chi connectivity index (χ2v) is 7.13. The van der Waals surface area contributed by atoms with Crippen molar-refractivity contribution in [3.05, 3.63) is 29.3 Å². The Bertz CT molecular complexity index is 670. The van der Waals surface area contributed by atoms with Crippen molar-refractivity contribution in [3.8, 4) is 11.8 Å². The predicted molar refractivity (Wildman–Crippen MR) is 82.3 cm³/mol. The second kappa shape index (κ2) is 6.61. The quantitative estimate of drug-likeness (QED) is 0.815. The topological polar surface area (TPSA) is 66.4 Å². The van der Waals surface area contributed by atoms with E-state index >= 15 is 0 Å². The van der Waals surface area contributed by atoms with Crippen LogP contribution in [0.4, 0.5) is 0 Å². The van der Waals surface area contributed by atoms with Gasteiger partial charge < -0.3 is 5.11 Å². The van der Waals surface area contributed by atoms with Gasteiger partial charge in [0.25, 0.3) is 0 Å². The van der Waals surface area contributed by atoms with Gasteiger partial charge in [-0.2, -0.15) is 0 Å². The van der Waals surface area contributed by atoms with Crippen LogP contribution in [-0.2, 0) is 10.0 Å². The van der Waals surface area contributed by atoms with Crippen LogP contribution in [0.5, 0.6) is 0 Å². The summed E-state index contributed by atoms with van der Waals surface area (Å²) in [4.78, 5) is 0.273. The Morgan fingerprint density at radius 2 is 2.19 bits per heavy atom. The van der Waals surface area contributed by atoms with E-state index in [2.05, 4.69) is 23.5 Å². The summed E-state index contributed by atoms with van der Waals surface area (Å²) < 4.78 is 27.7. The number of hydrogen-bond donors (Lipinski definition) is 2. The summed E-state index contributed by atoms with van der Waals surface area (Å²) in [6.07, 6.45) is 3.07. The minimum atomic E-state index is -3.51. The molecule has 4 nitrogen and oxygen atoms in total. The molecule has 0 saturated heterocycles. The molecule has 0 radical (unpaired) electrons. The number of nitrogens with one attached hydrogen (secondary N) is 1. The highest BCUT2D eigenvalue weighted by atomic mass is 32.2. The van der Waals surface area contributed by atoms with Crippen LogP contribution in [0.25, 0.3) is 0 Å². The van der Waals surface area contributed by atoms with Crippen molar-refractivity contribution in [1.29, 1.82) is 0 Å². The molecule has 0 aromatic heterocycles. The van der Waals surface area contributed by atoms with Crippen LogP contribution in [0.2, 0.25) is 0 Å². The summed E-state index contributed by atoms with van der Waals surface area (Å²) in [7, 11) is -3.51. The molecule has 2 rings (SSSR count). The highest BCUT2D eigenvalue weighted by molar-refractivity contribution is 7.89. The highest BCUT2D eigenvalue weighted by Crippen LogP contribution is 2.35. The van der Waals surface area contributed by atoms with Crippen LogP contribution in [0.15, 0.2) is 23.1 Å². The fourth-order valence-corrected chi connectivity index (χ4v) is 4.04. The maximum Gasteiger partial charge on any atom is 0.241 e. The van der Waals surface area contributed by atoms with E-state index in [0.29, 0.717) is 17.0 Å². The van der Waals surface area contributed by atoms with Crippen molar-refractivity contribution in [2.75, 3.05) is 6.61 Å². The summed E-state index contributed by atoms with van der Waals surface area (Å²) in [5.74, 6) is 5.74. The number of sulfonamides is 1. The van der Waals surface area contributed by atoms with Gasteiger partial charge in [-0.3, -0.25) is 0 Å². The summed E-state index contributed by atoms with van der Waals surface area (Å²) in [5.41, 5.74) is 1.29. The van der Waals surface area contributed by atoms with Gasteiger partial charge >= 0.3 is 0 Å². The van der Waals surface area contributed by atoms with Crippen molar-refractivity contribution >= 4 is 10.0 Å². The van der Waals surface area contributed by atoms with Gasteiger partial charge in [-0.1, -0.05) is 31.3 Å². The molecule has 1 aromatic carbocycles. The Hall–Kier alpha value is -1.35. The van der Waals surface area contributed by atoms with Gasteiger partial charge in [0.05, 0.1) is 4.90 Å².